The minimum Gasteiger partial charge on any atom is -0.497 e. The van der Waals surface area contributed by atoms with E-state index in [2.05, 4.69) is 11.9 Å². The summed E-state index contributed by atoms with van der Waals surface area (Å²) in [5, 5.41) is 0.246. The molecule has 0 N–H and O–H groups in total. The lowest BCUT2D eigenvalue weighted by Crippen LogP contribution is -2.33. The van der Waals surface area contributed by atoms with E-state index in [4.69, 9.17) is 14.5 Å². The summed E-state index contributed by atoms with van der Waals surface area (Å²) in [5.74, 6) is -0.709. The Bertz CT molecular complexity index is 1620. The van der Waals surface area contributed by atoms with Gasteiger partial charge in [0.15, 0.2) is 5.49 Å². The number of hydrogen-bond acceptors (Lipinski definition) is 6. The van der Waals surface area contributed by atoms with E-state index >= 15 is 0 Å². The first-order chi connectivity index (χ1) is 17.9. The third kappa shape index (κ3) is 5.16. The van der Waals surface area contributed by atoms with Gasteiger partial charge < -0.3 is 14.0 Å². The van der Waals surface area contributed by atoms with Crippen molar-refractivity contribution in [1.82, 2.24) is 14.0 Å². The molecular weight excluding hydrogens is 472 g/mol. The second-order valence-corrected chi connectivity index (χ2v) is 8.65. The molecule has 0 fully saturated rings. The van der Waals surface area contributed by atoms with Gasteiger partial charge in [-0.15, -0.1) is 0 Å². The molecule has 4 aromatic rings. The maximum atomic E-state index is 13.5. The molecule has 37 heavy (non-hydrogen) atoms. The van der Waals surface area contributed by atoms with E-state index in [-0.39, 0.29) is 28.6 Å². The molecule has 0 atom stereocenters. The Morgan fingerprint density at radius 2 is 1.86 bits per heavy atom. The fourth-order valence-corrected chi connectivity index (χ4v) is 4.22. The molecule has 0 saturated heterocycles. The number of hydrogen-bond donors (Lipinski definition) is 0. The number of pyridine rings is 2. The molecule has 9 heteroatoms. The van der Waals surface area contributed by atoms with Crippen molar-refractivity contribution in [3.05, 3.63) is 81.2 Å². The van der Waals surface area contributed by atoms with E-state index in [1.54, 1.807) is 48.0 Å². The Morgan fingerprint density at radius 3 is 2.59 bits per heavy atom. The van der Waals surface area contributed by atoms with E-state index in [0.717, 1.165) is 24.8 Å². The highest BCUT2D eigenvalue weighted by Gasteiger charge is 2.20. The van der Waals surface area contributed by atoms with Gasteiger partial charge in [-0.2, -0.15) is 4.99 Å². The van der Waals surface area contributed by atoms with Crippen LogP contribution in [0.25, 0.3) is 16.7 Å². The number of aromatic nitrogens is 3. The third-order valence-corrected chi connectivity index (χ3v) is 6.11. The molecule has 1 aromatic carbocycles. The van der Waals surface area contributed by atoms with Gasteiger partial charge in [-0.1, -0.05) is 31.9 Å². The fraction of sp³-hybridized carbons (Fsp3) is 0.321. The van der Waals surface area contributed by atoms with Gasteiger partial charge in [0, 0.05) is 18.3 Å². The number of aryl methyl sites for hydroxylation is 2. The van der Waals surface area contributed by atoms with E-state index < -0.39 is 11.9 Å². The monoisotopic (exact) mass is 502 g/mol. The Hall–Kier alpha value is -4.27. The zero-order valence-electron chi connectivity index (χ0n) is 21.5. The molecule has 1 amide bonds. The lowest BCUT2D eigenvalue weighted by atomic mass is 10.1. The molecule has 0 aliphatic heterocycles. The number of carbonyl (C=O) groups is 2. The van der Waals surface area contributed by atoms with Crippen molar-refractivity contribution in [3.8, 4) is 5.75 Å². The van der Waals surface area contributed by atoms with Crippen molar-refractivity contribution >= 4 is 28.6 Å². The van der Waals surface area contributed by atoms with Crippen LogP contribution in [0.4, 0.5) is 0 Å². The largest absolute Gasteiger partial charge is 0.497 e. The molecule has 3 heterocycles. The summed E-state index contributed by atoms with van der Waals surface area (Å²) in [4.78, 5) is 49.1. The molecular formula is C28H30N4O5. The zero-order valence-corrected chi connectivity index (χ0v) is 21.5. The molecule has 0 spiro atoms. The number of rotatable bonds is 8. The number of unbranched alkanes of at least 4 members (excludes halogenated alkanes) is 2. The Kier molecular flexibility index (Phi) is 7.81. The van der Waals surface area contributed by atoms with Gasteiger partial charge >= 0.3 is 5.97 Å². The first-order valence-corrected chi connectivity index (χ1v) is 12.3. The highest BCUT2D eigenvalue weighted by molar-refractivity contribution is 5.97. The van der Waals surface area contributed by atoms with Gasteiger partial charge in [-0.3, -0.25) is 14.0 Å². The van der Waals surface area contributed by atoms with Gasteiger partial charge in [0.2, 0.25) is 0 Å². The van der Waals surface area contributed by atoms with Crippen LogP contribution in [-0.2, 0) is 11.3 Å². The van der Waals surface area contributed by atoms with Crippen LogP contribution in [0.15, 0.2) is 58.4 Å². The average molecular weight is 503 g/mol. The van der Waals surface area contributed by atoms with Gasteiger partial charge in [0.1, 0.15) is 22.6 Å². The topological polar surface area (TPSA) is 104 Å². The van der Waals surface area contributed by atoms with Crippen LogP contribution < -0.4 is 15.8 Å². The van der Waals surface area contributed by atoms with Crippen LogP contribution in [0.5, 0.6) is 5.75 Å². The number of esters is 1. The van der Waals surface area contributed by atoms with Gasteiger partial charge in [0.25, 0.3) is 11.5 Å². The molecule has 0 saturated carbocycles. The van der Waals surface area contributed by atoms with E-state index in [1.807, 2.05) is 13.0 Å². The average Bonchev–Trinajstić information content (AvgIpc) is 2.90. The van der Waals surface area contributed by atoms with Crippen molar-refractivity contribution in [3.63, 3.8) is 0 Å². The van der Waals surface area contributed by atoms with Crippen LogP contribution >= 0.6 is 0 Å². The van der Waals surface area contributed by atoms with Crippen LogP contribution in [0.3, 0.4) is 0 Å². The standard InChI is InChI=1S/C28H30N4O5/c1-5-7-8-14-31-24-21(27(34)32-15-10-11-18(3)23(32)29-24)17-22(28(35)37-6-2)25(31)30-26(33)19-12-9-13-20(16-19)36-4/h9-13,15-17H,5-8,14H2,1-4H3. The second-order valence-electron chi connectivity index (χ2n) is 8.65. The second kappa shape index (κ2) is 11.2. The number of carbonyl (C=O) groups excluding carboxylic acids is 2. The smallest absolute Gasteiger partial charge is 0.341 e. The van der Waals surface area contributed by atoms with E-state index in [9.17, 15) is 14.4 Å². The van der Waals surface area contributed by atoms with Crippen LogP contribution in [0, 0.1) is 6.92 Å². The number of ether oxygens (including phenoxy) is 2. The number of fused-ring (bicyclic) bond motifs is 2. The molecule has 0 radical (unpaired) electrons. The fourth-order valence-electron chi connectivity index (χ4n) is 4.22. The van der Waals surface area contributed by atoms with Gasteiger partial charge in [-0.25, -0.2) is 9.78 Å². The van der Waals surface area contributed by atoms with Gasteiger partial charge in [-0.05, 0) is 56.2 Å². The summed E-state index contributed by atoms with van der Waals surface area (Å²) >= 11 is 0. The third-order valence-electron chi connectivity index (χ3n) is 6.11. The minimum atomic E-state index is -0.667. The lowest BCUT2D eigenvalue weighted by Gasteiger charge is -2.15. The molecule has 0 bridgehead atoms. The number of nitrogens with zero attached hydrogens (tertiary/aromatic N) is 4. The van der Waals surface area contributed by atoms with Crippen molar-refractivity contribution in [2.45, 2.75) is 46.6 Å². The zero-order chi connectivity index (χ0) is 26.5. The van der Waals surface area contributed by atoms with Crippen LogP contribution in [0.1, 0.15) is 59.4 Å². The molecule has 0 unspecified atom stereocenters. The van der Waals surface area contributed by atoms with E-state index in [0.29, 0.717) is 29.2 Å². The maximum Gasteiger partial charge on any atom is 0.341 e. The normalized spacial score (nSPS) is 11.7. The highest BCUT2D eigenvalue weighted by Crippen LogP contribution is 2.16. The lowest BCUT2D eigenvalue weighted by molar-refractivity contribution is 0.0523. The first-order valence-electron chi connectivity index (χ1n) is 12.3. The van der Waals surface area contributed by atoms with Crippen LogP contribution in [-0.4, -0.2) is 39.5 Å². The molecule has 0 aliphatic rings. The summed E-state index contributed by atoms with van der Waals surface area (Å²) in [6.07, 6.45) is 4.26. The minimum absolute atomic E-state index is 0.0357. The summed E-state index contributed by atoms with van der Waals surface area (Å²) in [6.45, 7) is 6.19. The quantitative estimate of drug-likeness (QED) is 0.204. The molecule has 4 rings (SSSR count). The molecule has 0 aliphatic carbocycles. The summed E-state index contributed by atoms with van der Waals surface area (Å²) in [7, 11) is 1.51. The summed E-state index contributed by atoms with van der Waals surface area (Å²) < 4.78 is 13.7. The molecule has 3 aromatic heterocycles. The van der Waals surface area contributed by atoms with Crippen molar-refractivity contribution in [1.29, 1.82) is 0 Å². The Morgan fingerprint density at radius 1 is 1.05 bits per heavy atom. The SMILES string of the molecule is CCCCCn1c(=NC(=O)c2cccc(OC)c2)c(C(=O)OCC)cc2c(=O)n3cccc(C)c3nc21. The number of benzene rings is 1. The molecule has 192 valence electrons. The number of methoxy groups -OCH3 is 1. The number of amides is 1. The maximum absolute atomic E-state index is 13.5. The Balaban J connectivity index is 2.10. The predicted molar refractivity (Wildman–Crippen MR) is 140 cm³/mol. The van der Waals surface area contributed by atoms with Gasteiger partial charge in [0.05, 0.1) is 19.1 Å². The van der Waals surface area contributed by atoms with Crippen molar-refractivity contribution < 1.29 is 19.1 Å². The first kappa shape index (κ1) is 25.8. The van der Waals surface area contributed by atoms with Crippen molar-refractivity contribution in [2.24, 2.45) is 4.99 Å². The summed E-state index contributed by atoms with van der Waals surface area (Å²) in [5.41, 5.74) is 1.81. The predicted octanol–water partition coefficient (Wildman–Crippen LogP) is 4.07. The highest BCUT2D eigenvalue weighted by atomic mass is 16.5. The molecule has 9 nitrogen and oxygen atoms in total. The van der Waals surface area contributed by atoms with E-state index in [1.165, 1.54) is 17.6 Å². The Labute approximate surface area is 214 Å². The van der Waals surface area contributed by atoms with Crippen molar-refractivity contribution in [2.75, 3.05) is 13.7 Å². The van der Waals surface area contributed by atoms with Crippen LogP contribution in [0.2, 0.25) is 0 Å². The summed E-state index contributed by atoms with van der Waals surface area (Å²) in [6, 6.07) is 11.7.